The van der Waals surface area contributed by atoms with E-state index in [1.165, 1.54) is 11.1 Å². The summed E-state index contributed by atoms with van der Waals surface area (Å²) in [4.78, 5) is 0. The van der Waals surface area contributed by atoms with Gasteiger partial charge >= 0.3 is 0 Å². The Morgan fingerprint density at radius 1 is 1.05 bits per heavy atom. The Kier molecular flexibility index (Phi) is 5.69. The first-order chi connectivity index (χ1) is 10.0. The molecule has 2 aromatic rings. The van der Waals surface area contributed by atoms with Crippen molar-refractivity contribution in [1.82, 2.24) is 5.32 Å². The van der Waals surface area contributed by atoms with E-state index in [0.717, 1.165) is 17.0 Å². The zero-order valence-electron chi connectivity index (χ0n) is 12.7. The van der Waals surface area contributed by atoms with Gasteiger partial charge in [-0.05, 0) is 49.1 Å². The number of benzene rings is 2. The highest BCUT2D eigenvalue weighted by molar-refractivity contribution is 6.35. The summed E-state index contributed by atoms with van der Waals surface area (Å²) in [7, 11) is 0. The second kappa shape index (κ2) is 7.31. The van der Waals surface area contributed by atoms with E-state index in [0.29, 0.717) is 5.02 Å². The second-order valence-corrected chi connectivity index (χ2v) is 6.22. The number of aryl methyl sites for hydroxylation is 1. The third kappa shape index (κ3) is 4.00. The fourth-order valence-electron chi connectivity index (χ4n) is 2.68. The van der Waals surface area contributed by atoms with Crippen LogP contribution >= 0.6 is 23.2 Å². The van der Waals surface area contributed by atoms with E-state index in [1.54, 1.807) is 6.07 Å². The molecule has 112 valence electrons. The molecule has 2 atom stereocenters. The van der Waals surface area contributed by atoms with Crippen LogP contribution in [0.15, 0.2) is 42.5 Å². The molecule has 0 aromatic heterocycles. The minimum Gasteiger partial charge on any atom is -0.303 e. The van der Waals surface area contributed by atoms with Crippen LogP contribution in [0.3, 0.4) is 0 Å². The molecule has 1 nitrogen and oxygen atoms in total. The molecule has 0 saturated heterocycles. The average molecular weight is 322 g/mol. The Balaban J connectivity index is 2.21. The molecule has 0 fully saturated rings. The molecule has 0 bridgehead atoms. The largest absolute Gasteiger partial charge is 0.303 e. The number of nitrogens with one attached hydrogen (secondary N) is 1. The SMILES string of the molecule is CCC(NC(C)c1ccccc1C)c1ccc(Cl)cc1Cl. The van der Waals surface area contributed by atoms with Gasteiger partial charge in [0, 0.05) is 22.1 Å². The van der Waals surface area contributed by atoms with E-state index in [-0.39, 0.29) is 12.1 Å². The van der Waals surface area contributed by atoms with Crippen LogP contribution in [-0.2, 0) is 0 Å². The van der Waals surface area contributed by atoms with Gasteiger partial charge in [-0.1, -0.05) is 60.5 Å². The molecular weight excluding hydrogens is 301 g/mol. The molecule has 0 heterocycles. The first-order valence-corrected chi connectivity index (χ1v) is 8.05. The summed E-state index contributed by atoms with van der Waals surface area (Å²) in [6.07, 6.45) is 0.970. The van der Waals surface area contributed by atoms with Crippen molar-refractivity contribution >= 4 is 23.2 Å². The summed E-state index contributed by atoms with van der Waals surface area (Å²) in [6.45, 7) is 6.49. The van der Waals surface area contributed by atoms with Gasteiger partial charge in [-0.3, -0.25) is 0 Å². The molecule has 0 aliphatic rings. The summed E-state index contributed by atoms with van der Waals surface area (Å²) in [6, 6.07) is 14.7. The van der Waals surface area contributed by atoms with E-state index in [4.69, 9.17) is 23.2 Å². The van der Waals surface area contributed by atoms with Crippen molar-refractivity contribution in [3.05, 3.63) is 69.2 Å². The molecule has 0 aliphatic carbocycles. The zero-order chi connectivity index (χ0) is 15.4. The van der Waals surface area contributed by atoms with Crippen molar-refractivity contribution in [2.75, 3.05) is 0 Å². The molecule has 0 saturated carbocycles. The van der Waals surface area contributed by atoms with Gasteiger partial charge in [-0.2, -0.15) is 0 Å². The lowest BCUT2D eigenvalue weighted by Gasteiger charge is -2.25. The molecular formula is C18H21Cl2N. The standard InChI is InChI=1S/C18H21Cl2N/c1-4-18(16-10-9-14(19)11-17(16)20)21-13(3)15-8-6-5-7-12(15)2/h5-11,13,18,21H,4H2,1-3H3. The van der Waals surface area contributed by atoms with Crippen molar-refractivity contribution in [2.45, 2.75) is 39.3 Å². The Morgan fingerprint density at radius 3 is 2.38 bits per heavy atom. The van der Waals surface area contributed by atoms with Crippen molar-refractivity contribution < 1.29 is 0 Å². The average Bonchev–Trinajstić information content (AvgIpc) is 2.45. The highest BCUT2D eigenvalue weighted by Gasteiger charge is 2.17. The summed E-state index contributed by atoms with van der Waals surface area (Å²) in [5.41, 5.74) is 3.72. The minimum atomic E-state index is 0.212. The van der Waals surface area contributed by atoms with Crippen molar-refractivity contribution in [3.63, 3.8) is 0 Å². The molecule has 2 aromatic carbocycles. The van der Waals surface area contributed by atoms with Gasteiger partial charge in [0.15, 0.2) is 0 Å². The number of halogens is 2. The first-order valence-electron chi connectivity index (χ1n) is 7.29. The summed E-state index contributed by atoms with van der Waals surface area (Å²) >= 11 is 12.3. The number of hydrogen-bond acceptors (Lipinski definition) is 1. The summed E-state index contributed by atoms with van der Waals surface area (Å²) < 4.78 is 0. The zero-order valence-corrected chi connectivity index (χ0v) is 14.2. The van der Waals surface area contributed by atoms with Crippen molar-refractivity contribution in [2.24, 2.45) is 0 Å². The highest BCUT2D eigenvalue weighted by Crippen LogP contribution is 2.30. The second-order valence-electron chi connectivity index (χ2n) is 5.37. The lowest BCUT2D eigenvalue weighted by atomic mass is 9.99. The lowest BCUT2D eigenvalue weighted by Crippen LogP contribution is -2.25. The Bertz CT molecular complexity index is 610. The van der Waals surface area contributed by atoms with Gasteiger partial charge < -0.3 is 5.32 Å². The fraction of sp³-hybridized carbons (Fsp3) is 0.333. The maximum Gasteiger partial charge on any atom is 0.0468 e. The third-order valence-electron chi connectivity index (χ3n) is 3.85. The topological polar surface area (TPSA) is 12.0 Å². The molecule has 21 heavy (non-hydrogen) atoms. The van der Waals surface area contributed by atoms with Crippen LogP contribution in [0.5, 0.6) is 0 Å². The van der Waals surface area contributed by atoms with E-state index < -0.39 is 0 Å². The predicted molar refractivity (Wildman–Crippen MR) is 92.2 cm³/mol. The van der Waals surface area contributed by atoms with Gasteiger partial charge in [0.2, 0.25) is 0 Å². The van der Waals surface area contributed by atoms with Crippen LogP contribution in [0.2, 0.25) is 10.0 Å². The monoisotopic (exact) mass is 321 g/mol. The molecule has 0 spiro atoms. The van der Waals surface area contributed by atoms with Crippen LogP contribution in [0.25, 0.3) is 0 Å². The van der Waals surface area contributed by atoms with Crippen molar-refractivity contribution in [3.8, 4) is 0 Å². The molecule has 3 heteroatoms. The molecule has 0 amide bonds. The van der Waals surface area contributed by atoms with E-state index in [1.807, 2.05) is 12.1 Å². The van der Waals surface area contributed by atoms with E-state index in [9.17, 15) is 0 Å². The molecule has 2 unspecified atom stereocenters. The Labute approximate surface area is 137 Å². The van der Waals surface area contributed by atoms with Gasteiger partial charge in [0.05, 0.1) is 0 Å². The van der Waals surface area contributed by atoms with Gasteiger partial charge in [-0.15, -0.1) is 0 Å². The van der Waals surface area contributed by atoms with Crippen LogP contribution in [-0.4, -0.2) is 0 Å². The normalized spacial score (nSPS) is 14.0. The van der Waals surface area contributed by atoms with Gasteiger partial charge in [0.25, 0.3) is 0 Å². The van der Waals surface area contributed by atoms with Crippen LogP contribution < -0.4 is 5.32 Å². The van der Waals surface area contributed by atoms with Crippen LogP contribution in [0.1, 0.15) is 49.0 Å². The Hall–Kier alpha value is -1.02. The summed E-state index contributed by atoms with van der Waals surface area (Å²) in [5, 5.41) is 5.07. The van der Waals surface area contributed by atoms with E-state index >= 15 is 0 Å². The fourth-order valence-corrected chi connectivity index (χ4v) is 3.22. The van der Waals surface area contributed by atoms with Crippen molar-refractivity contribution in [1.29, 1.82) is 0 Å². The quantitative estimate of drug-likeness (QED) is 0.701. The first kappa shape index (κ1) is 16.4. The predicted octanol–water partition coefficient (Wildman–Crippen LogP) is 6.10. The lowest BCUT2D eigenvalue weighted by molar-refractivity contribution is 0.455. The highest BCUT2D eigenvalue weighted by atomic mass is 35.5. The molecule has 0 radical (unpaired) electrons. The van der Waals surface area contributed by atoms with Crippen LogP contribution in [0.4, 0.5) is 0 Å². The van der Waals surface area contributed by atoms with Gasteiger partial charge in [0.1, 0.15) is 0 Å². The molecule has 2 rings (SSSR count). The maximum absolute atomic E-state index is 6.34. The Morgan fingerprint density at radius 2 is 1.76 bits per heavy atom. The summed E-state index contributed by atoms with van der Waals surface area (Å²) in [5.74, 6) is 0. The third-order valence-corrected chi connectivity index (χ3v) is 4.41. The van der Waals surface area contributed by atoms with Gasteiger partial charge in [-0.25, -0.2) is 0 Å². The maximum atomic E-state index is 6.34. The molecule has 1 N–H and O–H groups in total. The number of rotatable bonds is 5. The smallest absolute Gasteiger partial charge is 0.0468 e. The number of hydrogen-bond donors (Lipinski definition) is 1. The van der Waals surface area contributed by atoms with Crippen LogP contribution in [0, 0.1) is 6.92 Å². The minimum absolute atomic E-state index is 0.212. The van der Waals surface area contributed by atoms with E-state index in [2.05, 4.69) is 50.4 Å². The molecule has 0 aliphatic heterocycles.